The fourth-order valence-electron chi connectivity index (χ4n) is 3.44. The van der Waals surface area contributed by atoms with Crippen LogP contribution in [0.2, 0.25) is 0 Å². The molecular formula is C22H28N2O3S. The Hall–Kier alpha value is -2.34. The Morgan fingerprint density at radius 3 is 2.25 bits per heavy atom. The highest BCUT2D eigenvalue weighted by atomic mass is 32.1. The number of thiazole rings is 1. The minimum absolute atomic E-state index is 0.0300. The second-order valence-corrected chi connectivity index (χ2v) is 8.48. The lowest BCUT2D eigenvalue weighted by Gasteiger charge is -2.22. The van der Waals surface area contributed by atoms with Crippen molar-refractivity contribution in [1.29, 1.82) is 0 Å². The molecule has 2 atom stereocenters. The van der Waals surface area contributed by atoms with Gasteiger partial charge in [-0.05, 0) is 47.9 Å². The van der Waals surface area contributed by atoms with Crippen LogP contribution in [0.4, 0.5) is 0 Å². The van der Waals surface area contributed by atoms with E-state index in [1.807, 2.05) is 16.8 Å². The monoisotopic (exact) mass is 400 g/mol. The molecule has 0 radical (unpaired) electrons. The van der Waals surface area contributed by atoms with Crippen LogP contribution in [-0.4, -0.2) is 27.6 Å². The van der Waals surface area contributed by atoms with Crippen LogP contribution in [0.5, 0.6) is 5.75 Å². The lowest BCUT2D eigenvalue weighted by molar-refractivity contribution is -0.136. The minimum atomic E-state index is -0.823. The largest absolute Gasteiger partial charge is 0.496 e. The predicted octanol–water partition coefficient (Wildman–Crippen LogP) is 5.73. The van der Waals surface area contributed by atoms with Gasteiger partial charge in [0.25, 0.3) is 0 Å². The molecule has 0 spiro atoms. The SMILES string of the molecule is CCC(C)c1cc(-c2cn3cc(CC(=O)O)sc3n2)cc(C(C)CC)c1OC. The Kier molecular flexibility index (Phi) is 6.08. The molecule has 0 saturated heterocycles. The summed E-state index contributed by atoms with van der Waals surface area (Å²) in [5.74, 6) is 0.959. The van der Waals surface area contributed by atoms with Gasteiger partial charge in [-0.25, -0.2) is 4.98 Å². The van der Waals surface area contributed by atoms with E-state index in [-0.39, 0.29) is 6.42 Å². The van der Waals surface area contributed by atoms with Crippen molar-refractivity contribution in [2.75, 3.05) is 7.11 Å². The van der Waals surface area contributed by atoms with E-state index in [1.165, 1.54) is 22.5 Å². The van der Waals surface area contributed by atoms with Crippen molar-refractivity contribution in [2.24, 2.45) is 0 Å². The van der Waals surface area contributed by atoms with E-state index in [1.54, 1.807) is 7.11 Å². The zero-order valence-corrected chi connectivity index (χ0v) is 18.0. The summed E-state index contributed by atoms with van der Waals surface area (Å²) in [4.78, 5) is 17.3. The summed E-state index contributed by atoms with van der Waals surface area (Å²) in [6.45, 7) is 8.84. The molecule has 2 aromatic heterocycles. The zero-order chi connectivity index (χ0) is 20.4. The number of benzene rings is 1. The van der Waals surface area contributed by atoms with Crippen LogP contribution in [-0.2, 0) is 11.2 Å². The number of fused-ring (bicyclic) bond motifs is 1. The third-order valence-electron chi connectivity index (χ3n) is 5.46. The van der Waals surface area contributed by atoms with Crippen molar-refractivity contribution < 1.29 is 14.6 Å². The molecule has 3 aromatic rings. The van der Waals surface area contributed by atoms with Crippen molar-refractivity contribution in [2.45, 2.75) is 58.8 Å². The first kappa shape index (κ1) is 20.4. The van der Waals surface area contributed by atoms with Crippen LogP contribution >= 0.6 is 11.3 Å². The number of methoxy groups -OCH3 is 1. The number of aliphatic carboxylic acids is 1. The molecule has 3 rings (SSSR count). The Bertz CT molecular complexity index is 926. The molecule has 0 aliphatic rings. The molecule has 2 heterocycles. The standard InChI is InChI=1S/C22H28N2O3S/c1-6-13(3)17-8-15(9-18(14(4)7-2)21(17)27-5)19-12-24-11-16(10-20(25)26)28-22(24)23-19/h8-9,11-14H,6-7,10H2,1-5H3,(H,25,26). The maximum absolute atomic E-state index is 10.9. The summed E-state index contributed by atoms with van der Waals surface area (Å²) >= 11 is 1.43. The van der Waals surface area contributed by atoms with Crippen molar-refractivity contribution in [3.8, 4) is 17.0 Å². The normalized spacial score (nSPS) is 13.6. The number of rotatable bonds is 8. The van der Waals surface area contributed by atoms with Crippen LogP contribution in [0.3, 0.4) is 0 Å². The van der Waals surface area contributed by atoms with E-state index >= 15 is 0 Å². The zero-order valence-electron chi connectivity index (χ0n) is 17.2. The van der Waals surface area contributed by atoms with Gasteiger partial charge in [0.2, 0.25) is 0 Å². The van der Waals surface area contributed by atoms with Gasteiger partial charge in [-0.15, -0.1) is 11.3 Å². The van der Waals surface area contributed by atoms with Gasteiger partial charge in [-0.1, -0.05) is 27.7 Å². The fraction of sp³-hybridized carbons (Fsp3) is 0.455. The third kappa shape index (κ3) is 3.92. The number of nitrogens with zero attached hydrogens (tertiary/aromatic N) is 2. The molecule has 150 valence electrons. The van der Waals surface area contributed by atoms with Gasteiger partial charge in [0.1, 0.15) is 5.75 Å². The van der Waals surface area contributed by atoms with Crippen molar-refractivity contribution in [3.05, 3.63) is 40.5 Å². The number of hydrogen-bond acceptors (Lipinski definition) is 4. The molecule has 0 saturated carbocycles. The van der Waals surface area contributed by atoms with Crippen molar-refractivity contribution in [1.82, 2.24) is 9.38 Å². The number of hydrogen-bond donors (Lipinski definition) is 1. The molecule has 5 nitrogen and oxygen atoms in total. The molecule has 2 unspecified atom stereocenters. The molecule has 0 aliphatic carbocycles. The van der Waals surface area contributed by atoms with Gasteiger partial charge in [0.05, 0.1) is 19.2 Å². The number of ether oxygens (including phenoxy) is 1. The lowest BCUT2D eigenvalue weighted by Crippen LogP contribution is -2.04. The summed E-state index contributed by atoms with van der Waals surface area (Å²) in [7, 11) is 1.75. The highest BCUT2D eigenvalue weighted by Crippen LogP contribution is 2.40. The first-order chi connectivity index (χ1) is 13.4. The van der Waals surface area contributed by atoms with Crippen LogP contribution in [0.1, 0.15) is 68.4 Å². The van der Waals surface area contributed by atoms with Gasteiger partial charge in [0.15, 0.2) is 4.96 Å². The smallest absolute Gasteiger partial charge is 0.308 e. The van der Waals surface area contributed by atoms with Gasteiger partial charge in [-0.2, -0.15) is 0 Å². The topological polar surface area (TPSA) is 63.8 Å². The van der Waals surface area contributed by atoms with Crippen LogP contribution < -0.4 is 4.74 Å². The van der Waals surface area contributed by atoms with E-state index in [4.69, 9.17) is 14.8 Å². The van der Waals surface area contributed by atoms with Crippen molar-refractivity contribution in [3.63, 3.8) is 0 Å². The number of imidazole rings is 1. The van der Waals surface area contributed by atoms with Crippen molar-refractivity contribution >= 4 is 22.3 Å². The average molecular weight is 401 g/mol. The first-order valence-electron chi connectivity index (χ1n) is 9.79. The van der Waals surface area contributed by atoms with Crippen LogP contribution in [0, 0.1) is 0 Å². The molecule has 6 heteroatoms. The highest BCUT2D eigenvalue weighted by molar-refractivity contribution is 7.17. The Labute approximate surface area is 170 Å². The minimum Gasteiger partial charge on any atom is -0.496 e. The predicted molar refractivity (Wildman–Crippen MR) is 114 cm³/mol. The van der Waals surface area contributed by atoms with E-state index < -0.39 is 5.97 Å². The van der Waals surface area contributed by atoms with Crippen LogP contribution in [0.25, 0.3) is 16.2 Å². The second-order valence-electron chi connectivity index (χ2n) is 7.39. The summed E-state index contributed by atoms with van der Waals surface area (Å²) < 4.78 is 7.76. The lowest BCUT2D eigenvalue weighted by atomic mass is 9.87. The molecule has 0 bridgehead atoms. The van der Waals surface area contributed by atoms with Gasteiger partial charge in [-0.3, -0.25) is 9.20 Å². The maximum atomic E-state index is 10.9. The molecule has 1 N–H and O–H groups in total. The van der Waals surface area contributed by atoms with E-state index in [0.29, 0.717) is 11.8 Å². The molecule has 0 amide bonds. The molecule has 0 aliphatic heterocycles. The summed E-state index contributed by atoms with van der Waals surface area (Å²) in [5, 5.41) is 8.99. The molecule has 0 fully saturated rings. The molecular weight excluding hydrogens is 372 g/mol. The van der Waals surface area contributed by atoms with E-state index in [2.05, 4.69) is 39.8 Å². The number of carboxylic acids is 1. The third-order valence-corrected chi connectivity index (χ3v) is 6.46. The van der Waals surface area contributed by atoms with Crippen LogP contribution in [0.15, 0.2) is 24.5 Å². The number of carboxylic acid groups (broad SMARTS) is 1. The van der Waals surface area contributed by atoms with E-state index in [0.717, 1.165) is 39.7 Å². The first-order valence-corrected chi connectivity index (χ1v) is 10.6. The maximum Gasteiger partial charge on any atom is 0.308 e. The Morgan fingerprint density at radius 2 is 1.79 bits per heavy atom. The fourth-order valence-corrected chi connectivity index (χ4v) is 4.39. The van der Waals surface area contributed by atoms with Gasteiger partial charge >= 0.3 is 5.97 Å². The summed E-state index contributed by atoms with van der Waals surface area (Å²) in [6, 6.07) is 4.40. The number of carbonyl (C=O) groups is 1. The average Bonchev–Trinajstić information content (AvgIpc) is 3.23. The highest BCUT2D eigenvalue weighted by Gasteiger charge is 2.21. The van der Waals surface area contributed by atoms with Gasteiger partial charge in [0, 0.05) is 22.8 Å². The Balaban J connectivity index is 2.11. The van der Waals surface area contributed by atoms with Gasteiger partial charge < -0.3 is 9.84 Å². The number of aromatic nitrogens is 2. The summed E-state index contributed by atoms with van der Waals surface area (Å²) in [6.07, 6.45) is 5.95. The Morgan fingerprint density at radius 1 is 1.18 bits per heavy atom. The molecule has 28 heavy (non-hydrogen) atoms. The second kappa shape index (κ2) is 8.35. The quantitative estimate of drug-likeness (QED) is 0.525. The van der Waals surface area contributed by atoms with E-state index in [9.17, 15) is 4.79 Å². The summed E-state index contributed by atoms with van der Waals surface area (Å²) in [5.41, 5.74) is 4.44. The molecule has 1 aromatic carbocycles.